The van der Waals surface area contributed by atoms with Gasteiger partial charge in [0, 0.05) is 10.7 Å². The highest BCUT2D eigenvalue weighted by Crippen LogP contribution is 2.37. The summed E-state index contributed by atoms with van der Waals surface area (Å²) in [5, 5.41) is 3.63. The molecule has 1 fully saturated rings. The van der Waals surface area contributed by atoms with Crippen LogP contribution in [0, 0.1) is 11.8 Å². The van der Waals surface area contributed by atoms with Crippen LogP contribution >= 0.6 is 15.9 Å². The van der Waals surface area contributed by atoms with Crippen molar-refractivity contribution in [2.45, 2.75) is 45.6 Å². The molecule has 1 aromatic rings. The summed E-state index contributed by atoms with van der Waals surface area (Å²) in [5.74, 6) is 1.63. The number of aromatic nitrogens is 1. The van der Waals surface area contributed by atoms with Crippen LogP contribution in [0.4, 0.5) is 0 Å². The summed E-state index contributed by atoms with van der Waals surface area (Å²) in [5.41, 5.74) is 1.18. The molecule has 1 N–H and O–H groups in total. The summed E-state index contributed by atoms with van der Waals surface area (Å²) < 4.78 is 1.13. The van der Waals surface area contributed by atoms with E-state index in [-0.39, 0.29) is 0 Å². The molecule has 1 aliphatic carbocycles. The van der Waals surface area contributed by atoms with Crippen molar-refractivity contribution in [2.75, 3.05) is 6.54 Å². The molecular formula is C15H23BrN2. The molecule has 0 spiro atoms. The van der Waals surface area contributed by atoms with Gasteiger partial charge in [0.1, 0.15) is 0 Å². The number of halogens is 1. The van der Waals surface area contributed by atoms with Crippen LogP contribution in [0.25, 0.3) is 0 Å². The van der Waals surface area contributed by atoms with Crippen LogP contribution in [0.3, 0.4) is 0 Å². The van der Waals surface area contributed by atoms with E-state index in [1.54, 1.807) is 0 Å². The van der Waals surface area contributed by atoms with E-state index in [0.29, 0.717) is 6.04 Å². The Hall–Kier alpha value is -0.410. The molecule has 0 aromatic carbocycles. The van der Waals surface area contributed by atoms with E-state index in [4.69, 9.17) is 0 Å². The van der Waals surface area contributed by atoms with Crippen molar-refractivity contribution in [3.8, 4) is 0 Å². The molecule has 0 amide bonds. The first-order valence-corrected chi connectivity index (χ1v) is 7.85. The molecule has 2 rings (SSSR count). The zero-order valence-electron chi connectivity index (χ0n) is 11.3. The monoisotopic (exact) mass is 310 g/mol. The molecule has 1 saturated carbocycles. The Labute approximate surface area is 119 Å². The van der Waals surface area contributed by atoms with E-state index in [0.717, 1.165) is 22.9 Å². The second kappa shape index (κ2) is 6.67. The molecule has 0 bridgehead atoms. The smallest absolute Gasteiger partial charge is 0.0717 e. The first-order chi connectivity index (χ1) is 8.72. The van der Waals surface area contributed by atoms with Gasteiger partial charge in [-0.15, -0.1) is 0 Å². The SMILES string of the molecule is CCNC(c1ncccc1Br)C1CCC(C)CC1. The minimum atomic E-state index is 0.401. The molecule has 1 heterocycles. The predicted octanol–water partition coefficient (Wildman–Crippen LogP) is 4.32. The van der Waals surface area contributed by atoms with Gasteiger partial charge in [-0.2, -0.15) is 0 Å². The van der Waals surface area contributed by atoms with Gasteiger partial charge in [0.15, 0.2) is 0 Å². The molecule has 0 saturated heterocycles. The number of rotatable bonds is 4. The summed E-state index contributed by atoms with van der Waals surface area (Å²) in [6, 6.07) is 4.48. The second-order valence-corrected chi connectivity index (χ2v) is 6.28. The molecule has 3 heteroatoms. The van der Waals surface area contributed by atoms with Crippen LogP contribution in [0.1, 0.15) is 51.3 Å². The van der Waals surface area contributed by atoms with Crippen molar-refractivity contribution in [2.24, 2.45) is 11.8 Å². The van der Waals surface area contributed by atoms with Crippen molar-refractivity contribution in [1.29, 1.82) is 0 Å². The maximum Gasteiger partial charge on any atom is 0.0717 e. The minimum absolute atomic E-state index is 0.401. The van der Waals surface area contributed by atoms with Gasteiger partial charge < -0.3 is 5.32 Å². The lowest BCUT2D eigenvalue weighted by molar-refractivity contribution is 0.230. The van der Waals surface area contributed by atoms with Crippen molar-refractivity contribution in [3.63, 3.8) is 0 Å². The van der Waals surface area contributed by atoms with Crippen molar-refractivity contribution < 1.29 is 0 Å². The van der Waals surface area contributed by atoms with E-state index >= 15 is 0 Å². The Morgan fingerprint density at radius 2 is 2.11 bits per heavy atom. The van der Waals surface area contributed by atoms with E-state index in [9.17, 15) is 0 Å². The van der Waals surface area contributed by atoms with Crippen LogP contribution in [-0.2, 0) is 0 Å². The number of nitrogens with one attached hydrogen (secondary N) is 1. The van der Waals surface area contributed by atoms with Crippen molar-refractivity contribution in [3.05, 3.63) is 28.5 Å². The molecule has 100 valence electrons. The highest BCUT2D eigenvalue weighted by molar-refractivity contribution is 9.10. The molecule has 1 atom stereocenters. The van der Waals surface area contributed by atoms with Gasteiger partial charge in [-0.1, -0.05) is 26.7 Å². The van der Waals surface area contributed by atoms with Gasteiger partial charge in [-0.05, 0) is 59.3 Å². The van der Waals surface area contributed by atoms with Gasteiger partial charge in [0.2, 0.25) is 0 Å². The Morgan fingerprint density at radius 1 is 1.39 bits per heavy atom. The highest BCUT2D eigenvalue weighted by atomic mass is 79.9. The first kappa shape index (κ1) is 14.0. The maximum absolute atomic E-state index is 4.58. The number of nitrogens with zero attached hydrogens (tertiary/aromatic N) is 1. The van der Waals surface area contributed by atoms with Gasteiger partial charge in [0.25, 0.3) is 0 Å². The summed E-state index contributed by atoms with van der Waals surface area (Å²) >= 11 is 3.64. The average Bonchev–Trinajstić information content (AvgIpc) is 2.38. The highest BCUT2D eigenvalue weighted by Gasteiger charge is 2.28. The number of hydrogen-bond donors (Lipinski definition) is 1. The second-order valence-electron chi connectivity index (χ2n) is 5.43. The quantitative estimate of drug-likeness (QED) is 0.895. The van der Waals surface area contributed by atoms with E-state index in [1.165, 1.54) is 31.4 Å². The predicted molar refractivity (Wildman–Crippen MR) is 79.5 cm³/mol. The lowest BCUT2D eigenvalue weighted by Gasteiger charge is -2.33. The molecule has 0 radical (unpaired) electrons. The van der Waals surface area contributed by atoms with Gasteiger partial charge in [-0.3, -0.25) is 4.98 Å². The fourth-order valence-electron chi connectivity index (χ4n) is 2.95. The number of hydrogen-bond acceptors (Lipinski definition) is 2. The summed E-state index contributed by atoms with van der Waals surface area (Å²) in [6.45, 7) is 5.55. The topological polar surface area (TPSA) is 24.9 Å². The molecule has 18 heavy (non-hydrogen) atoms. The molecule has 1 aliphatic rings. The molecule has 1 unspecified atom stereocenters. The number of pyridine rings is 1. The van der Waals surface area contributed by atoms with Crippen LogP contribution in [0.15, 0.2) is 22.8 Å². The van der Waals surface area contributed by atoms with Crippen molar-refractivity contribution in [1.82, 2.24) is 10.3 Å². The lowest BCUT2D eigenvalue weighted by atomic mass is 9.78. The normalized spacial score (nSPS) is 25.9. The van der Waals surface area contributed by atoms with Crippen molar-refractivity contribution >= 4 is 15.9 Å². The van der Waals surface area contributed by atoms with Crippen LogP contribution in [0.5, 0.6) is 0 Å². The van der Waals surface area contributed by atoms with Crippen LogP contribution < -0.4 is 5.32 Å². The van der Waals surface area contributed by atoms with E-state index in [1.807, 2.05) is 12.3 Å². The van der Waals surface area contributed by atoms with E-state index < -0.39 is 0 Å². The van der Waals surface area contributed by atoms with E-state index in [2.05, 4.69) is 46.1 Å². The lowest BCUT2D eigenvalue weighted by Crippen LogP contribution is -2.31. The summed E-state index contributed by atoms with van der Waals surface area (Å²) in [4.78, 5) is 4.58. The molecular weight excluding hydrogens is 288 g/mol. The molecule has 0 aliphatic heterocycles. The fourth-order valence-corrected chi connectivity index (χ4v) is 3.45. The standard InChI is InChI=1S/C15H23BrN2/c1-3-17-14(12-8-6-11(2)7-9-12)15-13(16)5-4-10-18-15/h4-5,10-12,14,17H,3,6-9H2,1-2H3. The zero-order valence-corrected chi connectivity index (χ0v) is 12.9. The minimum Gasteiger partial charge on any atom is -0.309 e. The maximum atomic E-state index is 4.58. The third-order valence-electron chi connectivity index (χ3n) is 4.04. The summed E-state index contributed by atoms with van der Waals surface area (Å²) in [7, 11) is 0. The third kappa shape index (κ3) is 3.33. The first-order valence-electron chi connectivity index (χ1n) is 7.06. The average molecular weight is 311 g/mol. The van der Waals surface area contributed by atoms with Crippen LogP contribution in [-0.4, -0.2) is 11.5 Å². The largest absolute Gasteiger partial charge is 0.309 e. The zero-order chi connectivity index (χ0) is 13.0. The Balaban J connectivity index is 2.15. The Morgan fingerprint density at radius 3 is 2.72 bits per heavy atom. The molecule has 2 nitrogen and oxygen atoms in total. The summed E-state index contributed by atoms with van der Waals surface area (Å²) in [6.07, 6.45) is 7.26. The van der Waals surface area contributed by atoms with Gasteiger partial charge >= 0.3 is 0 Å². The van der Waals surface area contributed by atoms with Crippen LogP contribution in [0.2, 0.25) is 0 Å². The van der Waals surface area contributed by atoms with Gasteiger partial charge in [-0.25, -0.2) is 0 Å². The van der Waals surface area contributed by atoms with Gasteiger partial charge in [0.05, 0.1) is 11.7 Å². The fraction of sp³-hybridized carbons (Fsp3) is 0.667. The third-order valence-corrected chi connectivity index (χ3v) is 4.71. The molecule has 1 aromatic heterocycles. The Bertz CT molecular complexity index is 373. The Kier molecular flexibility index (Phi) is 5.19.